The smallest absolute Gasteiger partial charge is 0.418 e. The fourth-order valence-electron chi connectivity index (χ4n) is 1.80. The molecule has 0 aromatic heterocycles. The van der Waals surface area contributed by atoms with Gasteiger partial charge in [-0.1, -0.05) is 24.9 Å². The highest BCUT2D eigenvalue weighted by atomic mass is 79.9. The van der Waals surface area contributed by atoms with Crippen molar-refractivity contribution in [1.29, 1.82) is 0 Å². The minimum Gasteiger partial charge on any atom is -0.506 e. The summed E-state index contributed by atoms with van der Waals surface area (Å²) in [4.78, 5) is 12.2. The molecule has 0 spiro atoms. The lowest BCUT2D eigenvalue weighted by molar-refractivity contribution is -0.136. The van der Waals surface area contributed by atoms with Gasteiger partial charge in [0.05, 0.1) is 25.9 Å². The van der Waals surface area contributed by atoms with E-state index in [9.17, 15) is 23.1 Å². The van der Waals surface area contributed by atoms with Gasteiger partial charge in [0.25, 0.3) is 0 Å². The number of urea groups is 1. The molecule has 2 amide bonds. The first-order valence-electron chi connectivity index (χ1n) is 6.25. The van der Waals surface area contributed by atoms with Crippen molar-refractivity contribution in [2.75, 3.05) is 9.62 Å². The summed E-state index contributed by atoms with van der Waals surface area (Å²) in [6.07, 6.45) is -4.60. The van der Waals surface area contributed by atoms with Crippen molar-refractivity contribution in [1.82, 2.24) is 0 Å². The van der Waals surface area contributed by atoms with Gasteiger partial charge in [-0.15, -0.1) is 0 Å². The normalized spacial score (nSPS) is 11.2. The molecular weight excluding hydrogens is 477 g/mol. The molecule has 0 heterocycles. The molecule has 2 N–H and O–H groups in total. The first-order chi connectivity index (χ1) is 11.1. The van der Waals surface area contributed by atoms with Crippen molar-refractivity contribution in [3.05, 3.63) is 50.9 Å². The maximum atomic E-state index is 12.9. The molecule has 2 aromatic carbocycles. The van der Waals surface area contributed by atoms with E-state index in [-0.39, 0.29) is 26.1 Å². The molecule has 0 radical (unpaired) electrons. The van der Waals surface area contributed by atoms with Gasteiger partial charge in [-0.25, -0.2) is 9.10 Å². The van der Waals surface area contributed by atoms with Crippen molar-refractivity contribution in [2.45, 2.75) is 6.18 Å². The first kappa shape index (κ1) is 18.9. The number of phenolic OH excluding ortho intramolecular Hbond substituents is 1. The molecular formula is C14H9Br2F3N2O2S. The number of anilines is 2. The second-order valence-corrected chi connectivity index (χ2v) is 6.65. The minimum atomic E-state index is -4.60. The fourth-order valence-corrected chi connectivity index (χ4v) is 3.13. The molecule has 10 heteroatoms. The summed E-state index contributed by atoms with van der Waals surface area (Å²) >= 11 is 10.2. The molecule has 24 heavy (non-hydrogen) atoms. The lowest BCUT2D eigenvalue weighted by atomic mass is 10.1. The molecule has 2 aromatic rings. The van der Waals surface area contributed by atoms with Crippen molar-refractivity contribution in [2.24, 2.45) is 0 Å². The van der Waals surface area contributed by atoms with E-state index in [1.165, 1.54) is 24.3 Å². The fraction of sp³-hybridized carbons (Fsp3) is 0.0714. The van der Waals surface area contributed by atoms with Gasteiger partial charge in [0.1, 0.15) is 5.75 Å². The summed E-state index contributed by atoms with van der Waals surface area (Å²) in [7, 11) is 0. The summed E-state index contributed by atoms with van der Waals surface area (Å²) < 4.78 is 40.2. The average molecular weight is 486 g/mol. The highest BCUT2D eigenvalue weighted by molar-refractivity contribution is 9.11. The molecule has 4 nitrogen and oxygen atoms in total. The Morgan fingerprint density at radius 3 is 2.25 bits per heavy atom. The van der Waals surface area contributed by atoms with Crippen LogP contribution in [0, 0.1) is 0 Å². The zero-order valence-corrected chi connectivity index (χ0v) is 15.7. The van der Waals surface area contributed by atoms with Gasteiger partial charge in [-0.05, 0) is 56.1 Å². The Labute approximate surface area is 157 Å². The molecule has 0 bridgehead atoms. The van der Waals surface area contributed by atoms with E-state index < -0.39 is 17.8 Å². The SMILES string of the molecule is O=C(Nc1ccccc1C(F)(F)F)N(S)c1cc(Br)c(O)c(Br)c1. The third-order valence-corrected chi connectivity index (χ3v) is 4.53. The first-order valence-corrected chi connectivity index (χ1v) is 8.24. The van der Waals surface area contributed by atoms with Gasteiger partial charge in [0.2, 0.25) is 0 Å². The van der Waals surface area contributed by atoms with Crippen LogP contribution in [-0.4, -0.2) is 11.1 Å². The van der Waals surface area contributed by atoms with Crippen LogP contribution in [0.3, 0.4) is 0 Å². The van der Waals surface area contributed by atoms with Crippen LogP contribution < -0.4 is 9.62 Å². The number of carbonyl (C=O) groups is 1. The number of hydrogen-bond donors (Lipinski definition) is 3. The number of nitrogens with zero attached hydrogens (tertiary/aromatic N) is 1. The van der Waals surface area contributed by atoms with Crippen LogP contribution in [0.25, 0.3) is 0 Å². The number of thiol groups is 1. The predicted molar refractivity (Wildman–Crippen MR) is 95.4 cm³/mol. The number of benzene rings is 2. The lowest BCUT2D eigenvalue weighted by Crippen LogP contribution is -2.28. The Kier molecular flexibility index (Phi) is 5.71. The van der Waals surface area contributed by atoms with E-state index in [4.69, 9.17) is 0 Å². The molecule has 0 aliphatic rings. The molecule has 0 saturated heterocycles. The summed E-state index contributed by atoms with van der Waals surface area (Å²) in [6.45, 7) is 0. The van der Waals surface area contributed by atoms with Crippen molar-refractivity contribution in [3.8, 4) is 5.75 Å². The van der Waals surface area contributed by atoms with Crippen LogP contribution in [-0.2, 0) is 6.18 Å². The van der Waals surface area contributed by atoms with Crippen molar-refractivity contribution < 1.29 is 23.1 Å². The van der Waals surface area contributed by atoms with Gasteiger partial charge in [-0.3, -0.25) is 0 Å². The Bertz CT molecular complexity index is 764. The van der Waals surface area contributed by atoms with Crippen molar-refractivity contribution >= 4 is 62.1 Å². The highest BCUT2D eigenvalue weighted by Crippen LogP contribution is 2.38. The predicted octanol–water partition coefficient (Wildman–Crippen LogP) is 5.82. The maximum Gasteiger partial charge on any atom is 0.418 e. The number of carbonyl (C=O) groups excluding carboxylic acids is 1. The number of phenols is 1. The molecule has 0 fully saturated rings. The largest absolute Gasteiger partial charge is 0.506 e. The lowest BCUT2D eigenvalue weighted by Gasteiger charge is -2.19. The number of nitrogens with one attached hydrogen (secondary N) is 1. The van der Waals surface area contributed by atoms with Crippen LogP contribution in [0.4, 0.5) is 29.3 Å². The van der Waals surface area contributed by atoms with Crippen LogP contribution >= 0.6 is 44.7 Å². The van der Waals surface area contributed by atoms with E-state index in [1.54, 1.807) is 0 Å². The number of hydrogen-bond acceptors (Lipinski definition) is 3. The summed E-state index contributed by atoms with van der Waals surface area (Å²) in [5.41, 5.74) is -1.11. The maximum absolute atomic E-state index is 12.9. The summed E-state index contributed by atoms with van der Waals surface area (Å²) in [5.74, 6) is -0.0803. The zero-order chi connectivity index (χ0) is 18.1. The number of aromatic hydroxyl groups is 1. The highest BCUT2D eigenvalue weighted by Gasteiger charge is 2.33. The number of halogens is 5. The van der Waals surface area contributed by atoms with Gasteiger partial charge >= 0.3 is 12.2 Å². The third kappa shape index (κ3) is 4.17. The molecule has 0 unspecified atom stereocenters. The third-order valence-electron chi connectivity index (χ3n) is 2.91. The van der Waals surface area contributed by atoms with Gasteiger partial charge in [-0.2, -0.15) is 13.2 Å². The van der Waals surface area contributed by atoms with E-state index in [0.29, 0.717) is 0 Å². The zero-order valence-electron chi connectivity index (χ0n) is 11.6. The Morgan fingerprint density at radius 2 is 1.71 bits per heavy atom. The standard InChI is InChI=1S/C14H9Br2F3N2O2S/c15-9-5-7(6-10(16)12(9)22)21(24)13(23)20-11-4-2-1-3-8(11)14(17,18)19/h1-6,22,24H,(H,20,23). The number of para-hydroxylation sites is 1. The Hall–Kier alpha value is -1.39. The molecule has 128 valence electrons. The summed E-state index contributed by atoms with van der Waals surface area (Å²) in [6, 6.07) is 6.51. The Balaban J connectivity index is 2.28. The van der Waals surface area contributed by atoms with E-state index >= 15 is 0 Å². The second-order valence-electron chi connectivity index (χ2n) is 4.54. The monoisotopic (exact) mass is 484 g/mol. The molecule has 2 rings (SSSR count). The molecule has 0 atom stereocenters. The molecule has 0 aliphatic carbocycles. The minimum absolute atomic E-state index is 0.0803. The Morgan fingerprint density at radius 1 is 1.17 bits per heavy atom. The summed E-state index contributed by atoms with van der Waals surface area (Å²) in [5, 5.41) is 11.8. The number of amides is 2. The van der Waals surface area contributed by atoms with Crippen LogP contribution in [0.2, 0.25) is 0 Å². The van der Waals surface area contributed by atoms with E-state index in [2.05, 4.69) is 50.0 Å². The van der Waals surface area contributed by atoms with Crippen LogP contribution in [0.5, 0.6) is 5.75 Å². The number of alkyl halides is 3. The number of rotatable bonds is 2. The van der Waals surface area contributed by atoms with E-state index in [0.717, 1.165) is 16.4 Å². The van der Waals surface area contributed by atoms with Gasteiger partial charge in [0, 0.05) is 0 Å². The second kappa shape index (κ2) is 7.24. The van der Waals surface area contributed by atoms with Gasteiger partial charge in [0.15, 0.2) is 0 Å². The quantitative estimate of drug-likeness (QED) is 0.469. The topological polar surface area (TPSA) is 52.6 Å². The van der Waals surface area contributed by atoms with Crippen LogP contribution in [0.15, 0.2) is 45.3 Å². The molecule has 0 saturated carbocycles. The van der Waals surface area contributed by atoms with E-state index in [1.807, 2.05) is 0 Å². The van der Waals surface area contributed by atoms with Gasteiger partial charge < -0.3 is 10.4 Å². The van der Waals surface area contributed by atoms with Crippen molar-refractivity contribution in [3.63, 3.8) is 0 Å². The average Bonchev–Trinajstić information content (AvgIpc) is 2.50. The molecule has 0 aliphatic heterocycles. The van der Waals surface area contributed by atoms with Crippen LogP contribution in [0.1, 0.15) is 5.56 Å².